The predicted octanol–water partition coefficient (Wildman–Crippen LogP) is 0.839. The molecule has 1 aliphatic rings. The fourth-order valence-corrected chi connectivity index (χ4v) is 2.83. The third-order valence-electron chi connectivity index (χ3n) is 4.07. The molecule has 0 saturated carbocycles. The zero-order valence-corrected chi connectivity index (χ0v) is 13.8. The molecule has 4 heterocycles. The van der Waals surface area contributed by atoms with Crippen molar-refractivity contribution < 1.29 is 9.47 Å². The largest absolute Gasteiger partial charge is 0.469 e. The molecule has 1 aliphatic heterocycles. The first kappa shape index (κ1) is 15.1. The quantitative estimate of drug-likeness (QED) is 0.710. The number of likely N-dealkylation sites (N-methyl/N-ethyl adjacent to an activating group) is 1. The molecule has 126 valence electrons. The molecule has 0 aliphatic carbocycles. The Balaban J connectivity index is 1.69. The lowest BCUT2D eigenvalue weighted by atomic mass is 10.2. The summed E-state index contributed by atoms with van der Waals surface area (Å²) in [6.45, 7) is 3.00. The number of nitrogens with zero attached hydrogens (tertiary/aromatic N) is 6. The Labute approximate surface area is 139 Å². The van der Waals surface area contributed by atoms with Crippen LogP contribution in [0.3, 0.4) is 0 Å². The van der Waals surface area contributed by atoms with E-state index in [4.69, 9.17) is 14.5 Å². The van der Waals surface area contributed by atoms with Crippen LogP contribution < -0.4 is 4.74 Å². The molecule has 24 heavy (non-hydrogen) atoms. The molecule has 0 spiro atoms. The SMILES string of the molecule is CN1CCOCC(Oc2nc(-c3cnn(C)c3)cn3nccc23)C1. The summed E-state index contributed by atoms with van der Waals surface area (Å²) in [6.07, 6.45) is 7.27. The maximum atomic E-state index is 6.18. The molecule has 3 aromatic rings. The van der Waals surface area contributed by atoms with E-state index in [2.05, 4.69) is 22.1 Å². The van der Waals surface area contributed by atoms with Crippen molar-refractivity contribution in [1.29, 1.82) is 0 Å². The molecule has 4 rings (SSSR count). The molecule has 8 heteroatoms. The van der Waals surface area contributed by atoms with Gasteiger partial charge in [0, 0.05) is 31.9 Å². The molecule has 0 amide bonds. The summed E-state index contributed by atoms with van der Waals surface area (Å²) in [4.78, 5) is 6.90. The second kappa shape index (κ2) is 6.21. The Bertz CT molecular complexity index is 842. The van der Waals surface area contributed by atoms with Crippen molar-refractivity contribution in [2.24, 2.45) is 7.05 Å². The molecule has 0 aromatic carbocycles. The van der Waals surface area contributed by atoms with Crippen LogP contribution in [0.25, 0.3) is 16.8 Å². The van der Waals surface area contributed by atoms with E-state index in [0.717, 1.165) is 36.5 Å². The van der Waals surface area contributed by atoms with Crippen molar-refractivity contribution in [2.45, 2.75) is 6.10 Å². The van der Waals surface area contributed by atoms with Gasteiger partial charge in [0.15, 0.2) is 0 Å². The van der Waals surface area contributed by atoms with E-state index in [1.807, 2.05) is 25.5 Å². The highest BCUT2D eigenvalue weighted by Crippen LogP contribution is 2.24. The molecule has 1 saturated heterocycles. The number of fused-ring (bicyclic) bond motifs is 1. The van der Waals surface area contributed by atoms with E-state index in [9.17, 15) is 0 Å². The fraction of sp³-hybridized carbons (Fsp3) is 0.438. The summed E-state index contributed by atoms with van der Waals surface area (Å²) >= 11 is 0. The Morgan fingerprint density at radius 3 is 3.00 bits per heavy atom. The second-order valence-electron chi connectivity index (χ2n) is 6.07. The first-order chi connectivity index (χ1) is 11.7. The molecular formula is C16H20N6O2. The van der Waals surface area contributed by atoms with Crippen LogP contribution in [0.15, 0.2) is 30.9 Å². The van der Waals surface area contributed by atoms with E-state index in [0.29, 0.717) is 12.5 Å². The van der Waals surface area contributed by atoms with Crippen molar-refractivity contribution >= 4 is 5.52 Å². The first-order valence-corrected chi connectivity index (χ1v) is 7.95. The maximum absolute atomic E-state index is 6.18. The van der Waals surface area contributed by atoms with Gasteiger partial charge in [-0.15, -0.1) is 0 Å². The molecule has 1 unspecified atom stereocenters. The topological polar surface area (TPSA) is 69.7 Å². The van der Waals surface area contributed by atoms with Crippen molar-refractivity contribution in [2.75, 3.05) is 33.4 Å². The number of ether oxygens (including phenoxy) is 2. The van der Waals surface area contributed by atoms with E-state index in [1.165, 1.54) is 0 Å². The molecule has 0 bridgehead atoms. The third-order valence-corrected chi connectivity index (χ3v) is 4.07. The van der Waals surface area contributed by atoms with E-state index in [-0.39, 0.29) is 6.10 Å². The van der Waals surface area contributed by atoms with Gasteiger partial charge in [0.2, 0.25) is 5.88 Å². The Hall–Kier alpha value is -2.45. The van der Waals surface area contributed by atoms with Crippen molar-refractivity contribution in [3.05, 3.63) is 30.9 Å². The van der Waals surface area contributed by atoms with Gasteiger partial charge in [0.05, 0.1) is 37.5 Å². The van der Waals surface area contributed by atoms with Crippen LogP contribution in [0.4, 0.5) is 0 Å². The predicted molar refractivity (Wildman–Crippen MR) is 87.9 cm³/mol. The van der Waals surface area contributed by atoms with Crippen LogP contribution >= 0.6 is 0 Å². The van der Waals surface area contributed by atoms with Gasteiger partial charge in [-0.3, -0.25) is 4.68 Å². The van der Waals surface area contributed by atoms with Crippen LogP contribution in [0, 0.1) is 0 Å². The third kappa shape index (κ3) is 2.98. The highest BCUT2D eigenvalue weighted by Gasteiger charge is 2.20. The van der Waals surface area contributed by atoms with Crippen LogP contribution in [0.5, 0.6) is 5.88 Å². The van der Waals surface area contributed by atoms with Crippen LogP contribution in [0.1, 0.15) is 0 Å². The van der Waals surface area contributed by atoms with E-state index < -0.39 is 0 Å². The van der Waals surface area contributed by atoms with Gasteiger partial charge in [0.1, 0.15) is 11.6 Å². The average Bonchev–Trinajstić information content (AvgIpc) is 3.15. The maximum Gasteiger partial charge on any atom is 0.241 e. The van der Waals surface area contributed by atoms with Crippen LogP contribution in [-0.4, -0.2) is 68.7 Å². The van der Waals surface area contributed by atoms with Gasteiger partial charge in [-0.05, 0) is 13.1 Å². The Morgan fingerprint density at radius 2 is 2.17 bits per heavy atom. The summed E-state index contributed by atoms with van der Waals surface area (Å²) in [5, 5.41) is 8.53. The smallest absolute Gasteiger partial charge is 0.241 e. The number of hydrogen-bond donors (Lipinski definition) is 0. The van der Waals surface area contributed by atoms with Gasteiger partial charge >= 0.3 is 0 Å². The number of hydrogen-bond acceptors (Lipinski definition) is 6. The van der Waals surface area contributed by atoms with E-state index in [1.54, 1.807) is 21.6 Å². The Kier molecular flexibility index (Phi) is 3.91. The minimum absolute atomic E-state index is 0.0622. The van der Waals surface area contributed by atoms with Crippen molar-refractivity contribution in [1.82, 2.24) is 29.3 Å². The van der Waals surface area contributed by atoms with Crippen molar-refractivity contribution in [3.63, 3.8) is 0 Å². The minimum atomic E-state index is -0.0622. The van der Waals surface area contributed by atoms with Gasteiger partial charge in [0.25, 0.3) is 0 Å². The zero-order valence-electron chi connectivity index (χ0n) is 13.8. The van der Waals surface area contributed by atoms with Crippen LogP contribution in [0.2, 0.25) is 0 Å². The first-order valence-electron chi connectivity index (χ1n) is 7.95. The fourth-order valence-electron chi connectivity index (χ4n) is 2.83. The standard InChI is InChI=1S/C16H20N6O2/c1-20-5-6-23-11-13(9-20)24-16-15-3-4-17-22(15)10-14(19-16)12-7-18-21(2)8-12/h3-4,7-8,10,13H,5-6,9,11H2,1-2H3. The molecule has 1 atom stereocenters. The normalized spacial score (nSPS) is 19.5. The minimum Gasteiger partial charge on any atom is -0.469 e. The van der Waals surface area contributed by atoms with Gasteiger partial charge in [-0.1, -0.05) is 0 Å². The molecule has 0 N–H and O–H groups in total. The number of aryl methyl sites for hydroxylation is 1. The molecule has 0 radical (unpaired) electrons. The lowest BCUT2D eigenvalue weighted by Gasteiger charge is -2.20. The highest BCUT2D eigenvalue weighted by atomic mass is 16.5. The van der Waals surface area contributed by atoms with Gasteiger partial charge in [-0.2, -0.15) is 10.2 Å². The number of rotatable bonds is 3. The highest BCUT2D eigenvalue weighted by molar-refractivity contribution is 5.63. The monoisotopic (exact) mass is 328 g/mol. The lowest BCUT2D eigenvalue weighted by molar-refractivity contribution is 0.0698. The van der Waals surface area contributed by atoms with Gasteiger partial charge < -0.3 is 14.4 Å². The summed E-state index contributed by atoms with van der Waals surface area (Å²) in [6, 6.07) is 1.90. The summed E-state index contributed by atoms with van der Waals surface area (Å²) in [5.41, 5.74) is 2.54. The van der Waals surface area contributed by atoms with Gasteiger partial charge in [-0.25, -0.2) is 9.50 Å². The molecule has 3 aromatic heterocycles. The zero-order chi connectivity index (χ0) is 16.5. The Morgan fingerprint density at radius 1 is 1.25 bits per heavy atom. The molecular weight excluding hydrogens is 308 g/mol. The summed E-state index contributed by atoms with van der Waals surface area (Å²) in [7, 11) is 3.95. The second-order valence-corrected chi connectivity index (χ2v) is 6.07. The average molecular weight is 328 g/mol. The molecule has 8 nitrogen and oxygen atoms in total. The van der Waals surface area contributed by atoms with Crippen LogP contribution in [-0.2, 0) is 11.8 Å². The number of aromatic nitrogens is 5. The van der Waals surface area contributed by atoms with E-state index >= 15 is 0 Å². The molecule has 1 fully saturated rings. The summed E-state index contributed by atoms with van der Waals surface area (Å²) < 4.78 is 15.3. The van der Waals surface area contributed by atoms with Crippen molar-refractivity contribution in [3.8, 4) is 17.1 Å². The lowest BCUT2D eigenvalue weighted by Crippen LogP contribution is -2.33. The summed E-state index contributed by atoms with van der Waals surface area (Å²) in [5.74, 6) is 0.567.